The Morgan fingerprint density at radius 3 is 2.50 bits per heavy atom. The molecule has 3 rings (SSSR count). The molecule has 2 aromatic rings. The lowest BCUT2D eigenvalue weighted by molar-refractivity contribution is -0.140. The van der Waals surface area contributed by atoms with Crippen LogP contribution in [0.2, 0.25) is 0 Å². The molecule has 30 heavy (non-hydrogen) atoms. The third-order valence-corrected chi connectivity index (χ3v) is 5.26. The van der Waals surface area contributed by atoms with Crippen LogP contribution in [-0.2, 0) is 9.59 Å². The summed E-state index contributed by atoms with van der Waals surface area (Å²) < 4.78 is 11.0. The predicted octanol–water partition coefficient (Wildman–Crippen LogP) is 3.28. The third-order valence-electron chi connectivity index (χ3n) is 5.26. The summed E-state index contributed by atoms with van der Waals surface area (Å²) in [5.41, 5.74) is 1.27. The minimum absolute atomic E-state index is 0.0486. The normalized spacial score (nSPS) is 18.5. The lowest BCUT2D eigenvalue weighted by atomic mass is 9.97. The van der Waals surface area contributed by atoms with Crippen LogP contribution < -0.4 is 4.74 Å². The third kappa shape index (κ3) is 4.11. The van der Waals surface area contributed by atoms with Gasteiger partial charge in [-0.3, -0.25) is 9.59 Å². The lowest BCUT2D eigenvalue weighted by Crippen LogP contribution is -2.32. The molecule has 7 nitrogen and oxygen atoms in total. The van der Waals surface area contributed by atoms with Gasteiger partial charge in [0.2, 0.25) is 0 Å². The molecule has 1 aromatic heterocycles. The Kier molecular flexibility index (Phi) is 6.31. The van der Waals surface area contributed by atoms with Gasteiger partial charge in [0, 0.05) is 12.1 Å². The second-order valence-electron chi connectivity index (χ2n) is 7.78. The molecular formula is C23H28N2O5. The van der Waals surface area contributed by atoms with Crippen molar-refractivity contribution in [3.8, 4) is 5.75 Å². The minimum atomic E-state index is -0.762. The maximum atomic E-state index is 13.0. The topological polar surface area (TPSA) is 83.2 Å². The van der Waals surface area contributed by atoms with E-state index in [-0.39, 0.29) is 11.3 Å². The highest BCUT2D eigenvalue weighted by atomic mass is 16.5. The number of nitrogens with zero attached hydrogens (tertiary/aromatic N) is 2. The Morgan fingerprint density at radius 2 is 1.93 bits per heavy atom. The molecule has 1 N–H and O–H groups in total. The second kappa shape index (κ2) is 8.75. The highest BCUT2D eigenvalue weighted by Crippen LogP contribution is 2.40. The van der Waals surface area contributed by atoms with E-state index in [2.05, 4.69) is 0 Å². The van der Waals surface area contributed by atoms with Crippen LogP contribution in [0.1, 0.15) is 35.1 Å². The Balaban J connectivity index is 2.09. The van der Waals surface area contributed by atoms with Crippen LogP contribution in [0.15, 0.2) is 40.3 Å². The first-order chi connectivity index (χ1) is 14.2. The van der Waals surface area contributed by atoms with E-state index in [1.54, 1.807) is 44.4 Å². The van der Waals surface area contributed by atoms with Gasteiger partial charge in [0.15, 0.2) is 0 Å². The quantitative estimate of drug-likeness (QED) is 0.427. The van der Waals surface area contributed by atoms with Crippen molar-refractivity contribution in [1.29, 1.82) is 0 Å². The van der Waals surface area contributed by atoms with Gasteiger partial charge in [0.05, 0.1) is 12.7 Å². The molecule has 1 fully saturated rings. The Labute approximate surface area is 176 Å². The first-order valence-electron chi connectivity index (χ1n) is 9.89. The lowest BCUT2D eigenvalue weighted by Gasteiger charge is -2.24. The van der Waals surface area contributed by atoms with Crippen molar-refractivity contribution in [2.24, 2.45) is 0 Å². The largest absolute Gasteiger partial charge is 0.507 e. The number of rotatable bonds is 7. The van der Waals surface area contributed by atoms with E-state index in [1.165, 1.54) is 4.90 Å². The summed E-state index contributed by atoms with van der Waals surface area (Å²) in [5.74, 6) is 0.245. The molecule has 0 bridgehead atoms. The fourth-order valence-corrected chi connectivity index (χ4v) is 3.74. The van der Waals surface area contributed by atoms with Crippen molar-refractivity contribution >= 4 is 17.4 Å². The van der Waals surface area contributed by atoms with Gasteiger partial charge in [0.1, 0.15) is 29.1 Å². The number of aryl methyl sites for hydroxylation is 2. The first kappa shape index (κ1) is 21.6. The molecule has 1 saturated heterocycles. The Hall–Kier alpha value is -3.06. The van der Waals surface area contributed by atoms with E-state index in [9.17, 15) is 14.7 Å². The number of benzene rings is 1. The van der Waals surface area contributed by atoms with Gasteiger partial charge in [-0.1, -0.05) is 0 Å². The van der Waals surface area contributed by atoms with Gasteiger partial charge in [-0.15, -0.1) is 0 Å². The highest BCUT2D eigenvalue weighted by Gasteiger charge is 2.47. The molecule has 1 aliphatic heterocycles. The summed E-state index contributed by atoms with van der Waals surface area (Å²) in [5, 5.41) is 11.1. The fourth-order valence-electron chi connectivity index (χ4n) is 3.74. The minimum Gasteiger partial charge on any atom is -0.507 e. The van der Waals surface area contributed by atoms with E-state index < -0.39 is 17.7 Å². The molecule has 0 saturated carbocycles. The monoisotopic (exact) mass is 412 g/mol. The number of aliphatic hydroxyl groups excluding tert-OH is 1. The summed E-state index contributed by atoms with van der Waals surface area (Å²) in [6, 6.07) is 7.94. The summed E-state index contributed by atoms with van der Waals surface area (Å²) in [7, 11) is 5.47. The number of carbonyl (C=O) groups excluding carboxylic acids is 2. The number of ketones is 1. The van der Waals surface area contributed by atoms with Crippen LogP contribution in [0.3, 0.4) is 0 Å². The van der Waals surface area contributed by atoms with Gasteiger partial charge in [-0.2, -0.15) is 0 Å². The van der Waals surface area contributed by atoms with Crippen LogP contribution in [0, 0.1) is 13.8 Å². The molecule has 160 valence electrons. The van der Waals surface area contributed by atoms with Crippen molar-refractivity contribution in [3.63, 3.8) is 0 Å². The van der Waals surface area contributed by atoms with Gasteiger partial charge in [-0.25, -0.2) is 0 Å². The van der Waals surface area contributed by atoms with Crippen molar-refractivity contribution in [1.82, 2.24) is 9.80 Å². The number of carbonyl (C=O) groups is 2. The molecule has 1 atom stereocenters. The molecule has 1 amide bonds. The molecule has 1 unspecified atom stereocenters. The standard InChI is InChI=1S/C23H28N2O5/c1-14-13-16(29-5)8-9-17(14)21(26)19-20(18-10-7-15(2)30-18)25(23(28)22(19)27)12-6-11-24(3)4/h7-10,13,20,26H,6,11-12H2,1-5H3/b21-19-. The van der Waals surface area contributed by atoms with Gasteiger partial charge in [-0.05, 0) is 76.8 Å². The van der Waals surface area contributed by atoms with Crippen LogP contribution in [0.4, 0.5) is 0 Å². The van der Waals surface area contributed by atoms with Gasteiger partial charge < -0.3 is 24.1 Å². The Morgan fingerprint density at radius 1 is 1.20 bits per heavy atom. The molecular weight excluding hydrogens is 384 g/mol. The zero-order chi connectivity index (χ0) is 22.0. The van der Waals surface area contributed by atoms with Crippen molar-refractivity contribution in [3.05, 3.63) is 58.6 Å². The van der Waals surface area contributed by atoms with E-state index in [1.807, 2.05) is 25.9 Å². The van der Waals surface area contributed by atoms with E-state index in [0.29, 0.717) is 35.8 Å². The fraction of sp³-hybridized carbons (Fsp3) is 0.391. The predicted molar refractivity (Wildman–Crippen MR) is 113 cm³/mol. The van der Waals surface area contributed by atoms with Crippen LogP contribution >= 0.6 is 0 Å². The number of furan rings is 1. The summed E-state index contributed by atoms with van der Waals surface area (Å²) >= 11 is 0. The molecule has 1 aliphatic rings. The maximum Gasteiger partial charge on any atom is 0.295 e. The number of Topliss-reactive ketones (excluding diaryl/α,β-unsaturated/α-hetero) is 1. The average molecular weight is 412 g/mol. The first-order valence-corrected chi connectivity index (χ1v) is 9.89. The zero-order valence-electron chi connectivity index (χ0n) is 18.1. The zero-order valence-corrected chi connectivity index (χ0v) is 18.1. The maximum absolute atomic E-state index is 13.0. The van der Waals surface area contributed by atoms with E-state index in [0.717, 1.165) is 12.1 Å². The van der Waals surface area contributed by atoms with Crippen LogP contribution in [0.25, 0.3) is 5.76 Å². The SMILES string of the molecule is COc1ccc(/C(O)=C2/C(=O)C(=O)N(CCCN(C)C)C2c2ccc(C)o2)c(C)c1. The number of ether oxygens (including phenoxy) is 1. The summed E-state index contributed by atoms with van der Waals surface area (Å²) in [6.07, 6.45) is 0.692. The van der Waals surface area contributed by atoms with E-state index in [4.69, 9.17) is 9.15 Å². The summed E-state index contributed by atoms with van der Waals surface area (Å²) in [6.45, 7) is 4.77. The highest BCUT2D eigenvalue weighted by molar-refractivity contribution is 6.46. The smallest absolute Gasteiger partial charge is 0.295 e. The van der Waals surface area contributed by atoms with Crippen LogP contribution in [0.5, 0.6) is 5.75 Å². The van der Waals surface area contributed by atoms with Crippen LogP contribution in [-0.4, -0.2) is 60.9 Å². The number of amides is 1. The molecule has 0 radical (unpaired) electrons. The molecule has 1 aromatic carbocycles. The van der Waals surface area contributed by atoms with Crippen molar-refractivity contribution < 1.29 is 23.8 Å². The number of hydrogen-bond donors (Lipinski definition) is 1. The molecule has 2 heterocycles. The van der Waals surface area contributed by atoms with Crippen molar-refractivity contribution in [2.45, 2.75) is 26.3 Å². The van der Waals surface area contributed by atoms with Gasteiger partial charge >= 0.3 is 0 Å². The number of aliphatic hydroxyl groups is 1. The van der Waals surface area contributed by atoms with Crippen molar-refractivity contribution in [2.75, 3.05) is 34.3 Å². The van der Waals surface area contributed by atoms with E-state index >= 15 is 0 Å². The Bertz CT molecular complexity index is 989. The molecule has 7 heteroatoms. The van der Waals surface area contributed by atoms with Gasteiger partial charge in [0.25, 0.3) is 11.7 Å². The number of likely N-dealkylation sites (tertiary alicyclic amines) is 1. The molecule has 0 aliphatic carbocycles. The summed E-state index contributed by atoms with van der Waals surface area (Å²) in [4.78, 5) is 29.3. The number of methoxy groups -OCH3 is 1. The molecule has 0 spiro atoms. The second-order valence-corrected chi connectivity index (χ2v) is 7.78. The average Bonchev–Trinajstić information content (AvgIpc) is 3.23. The number of hydrogen-bond acceptors (Lipinski definition) is 6.